The van der Waals surface area contributed by atoms with Crippen molar-refractivity contribution < 1.29 is 9.90 Å². The number of likely N-dealkylation sites (tertiary alicyclic amines) is 1. The molecular formula is C11H16IN3O2. The third-order valence-electron chi connectivity index (χ3n) is 2.75. The van der Waals surface area contributed by atoms with Gasteiger partial charge in [-0.25, -0.2) is 0 Å². The number of alkyl halides is 1. The number of halogens is 1. The third kappa shape index (κ3) is 2.93. The Hall–Kier alpha value is -0.730. The Balaban J connectivity index is 2.04. The summed E-state index contributed by atoms with van der Waals surface area (Å²) in [4.78, 5) is 17.7. The molecule has 3 N–H and O–H groups in total. The number of aromatic nitrogens is 1. The van der Waals surface area contributed by atoms with E-state index in [1.165, 1.54) is 0 Å². The summed E-state index contributed by atoms with van der Waals surface area (Å²) in [6.45, 7) is 1.57. The van der Waals surface area contributed by atoms with Crippen molar-refractivity contribution in [2.24, 2.45) is 3.95 Å². The molecule has 6 heteroatoms. The van der Waals surface area contributed by atoms with E-state index in [0.717, 1.165) is 25.9 Å². The van der Waals surface area contributed by atoms with Crippen LogP contribution in [0.15, 0.2) is 24.5 Å². The van der Waals surface area contributed by atoms with Crippen LogP contribution < -0.4 is 3.95 Å². The molecule has 1 aromatic heterocycles. The average molecular weight is 349 g/mol. The molecule has 2 heterocycles. The van der Waals surface area contributed by atoms with Crippen LogP contribution in [0.2, 0.25) is 0 Å². The number of amides is 1. The molecule has 0 unspecified atom stereocenters. The molecule has 94 valence electrons. The molecule has 1 aromatic rings. The summed E-state index contributed by atoms with van der Waals surface area (Å²) in [5.41, 5.74) is 0.695. The number of aliphatic hydroxyl groups is 1. The van der Waals surface area contributed by atoms with Crippen LogP contribution in [0.25, 0.3) is 0 Å². The van der Waals surface area contributed by atoms with Crippen molar-refractivity contribution in [2.75, 3.05) is 13.1 Å². The van der Waals surface area contributed by atoms with E-state index in [9.17, 15) is 9.90 Å². The first-order valence-electron chi connectivity index (χ1n) is 5.49. The molecule has 1 aliphatic heterocycles. The normalized spacial score (nSPS) is 18.0. The summed E-state index contributed by atoms with van der Waals surface area (Å²) in [7, 11) is 0. The number of rotatable bonds is 3. The van der Waals surface area contributed by atoms with Gasteiger partial charge in [-0.05, 0) is 0 Å². The monoisotopic (exact) mass is 349 g/mol. The molecule has 0 radical (unpaired) electrons. The Morgan fingerprint density at radius 3 is 2.59 bits per heavy atom. The van der Waals surface area contributed by atoms with Gasteiger partial charge in [0.25, 0.3) is 0 Å². The number of hydrogen-bond donors (Lipinski definition) is 2. The van der Waals surface area contributed by atoms with E-state index < -0.39 is 24.2 Å². The van der Waals surface area contributed by atoms with Crippen molar-refractivity contribution in [1.82, 2.24) is 9.88 Å². The number of nitrogens with zero attached hydrogens (tertiary/aromatic N) is 2. The molecule has 0 aromatic carbocycles. The van der Waals surface area contributed by atoms with Gasteiger partial charge in [0.05, 0.1) is 0 Å². The Labute approximate surface area is 108 Å². The van der Waals surface area contributed by atoms with E-state index in [0.29, 0.717) is 5.56 Å². The zero-order valence-electron chi connectivity index (χ0n) is 9.42. The zero-order chi connectivity index (χ0) is 12.3. The molecule has 0 aliphatic carbocycles. The van der Waals surface area contributed by atoms with Crippen molar-refractivity contribution >= 4 is 24.0 Å². The Kier molecular flexibility index (Phi) is 4.30. The van der Waals surface area contributed by atoms with Crippen molar-refractivity contribution in [1.29, 1.82) is 0 Å². The first-order valence-corrected chi connectivity index (χ1v) is 9.06. The summed E-state index contributed by atoms with van der Waals surface area (Å²) < 4.78 is 5.14. The van der Waals surface area contributed by atoms with Crippen LogP contribution in [-0.2, 0) is 0 Å². The number of nitrogens with two attached hydrogens (primary N) is 1. The van der Waals surface area contributed by atoms with Crippen molar-refractivity contribution in [3.8, 4) is 0 Å². The summed E-state index contributed by atoms with van der Waals surface area (Å²) >= 11 is -2.54. The summed E-state index contributed by atoms with van der Waals surface area (Å²) in [6.07, 6.45) is 5.29. The van der Waals surface area contributed by atoms with Gasteiger partial charge in [0.2, 0.25) is 0 Å². The van der Waals surface area contributed by atoms with Gasteiger partial charge in [0.15, 0.2) is 0 Å². The number of hydrogen-bond acceptors (Lipinski definition) is 4. The third-order valence-corrected chi connectivity index (χ3v) is 6.48. The van der Waals surface area contributed by atoms with Gasteiger partial charge < -0.3 is 0 Å². The van der Waals surface area contributed by atoms with Gasteiger partial charge in [-0.1, -0.05) is 0 Å². The fourth-order valence-electron chi connectivity index (χ4n) is 1.78. The Morgan fingerprint density at radius 1 is 1.41 bits per heavy atom. The number of carbonyl (C=O) groups excluding carboxylic acids is 1. The molecule has 1 saturated heterocycles. The molecule has 1 aliphatic rings. The minimum absolute atomic E-state index is 0.0176. The van der Waals surface area contributed by atoms with Gasteiger partial charge in [-0.3, -0.25) is 0 Å². The zero-order valence-corrected chi connectivity index (χ0v) is 11.6. The van der Waals surface area contributed by atoms with E-state index in [1.807, 2.05) is 0 Å². The second-order valence-corrected chi connectivity index (χ2v) is 7.98. The second-order valence-electron chi connectivity index (χ2n) is 3.91. The Bertz CT molecular complexity index is 382. The number of carbonyl (C=O) groups is 1. The number of pyridine rings is 1. The molecule has 5 nitrogen and oxygen atoms in total. The van der Waals surface area contributed by atoms with Crippen LogP contribution in [0.1, 0.15) is 22.5 Å². The SMILES string of the molecule is NI(C(=O)N1CCCC1)[C@H](O)c1ccncc1. The second kappa shape index (κ2) is 5.74. The van der Waals surface area contributed by atoms with Gasteiger partial charge in [0, 0.05) is 0 Å². The molecular weight excluding hydrogens is 333 g/mol. The van der Waals surface area contributed by atoms with Crippen LogP contribution >= 0.6 is 20.1 Å². The molecule has 1 atom stereocenters. The molecule has 1 fully saturated rings. The van der Waals surface area contributed by atoms with Crippen molar-refractivity contribution in [3.05, 3.63) is 30.1 Å². The van der Waals surface area contributed by atoms with Crippen molar-refractivity contribution in [3.63, 3.8) is 0 Å². The summed E-state index contributed by atoms with van der Waals surface area (Å²) in [6, 6.07) is 3.42. The predicted octanol–water partition coefficient (Wildman–Crippen LogP) is 1.67. The van der Waals surface area contributed by atoms with E-state index in [-0.39, 0.29) is 3.91 Å². The fraction of sp³-hybridized carbons (Fsp3) is 0.455. The molecule has 0 spiro atoms. The molecule has 0 bridgehead atoms. The molecule has 17 heavy (non-hydrogen) atoms. The van der Waals surface area contributed by atoms with Gasteiger partial charge in [0.1, 0.15) is 0 Å². The van der Waals surface area contributed by atoms with E-state index in [1.54, 1.807) is 29.4 Å². The first kappa shape index (κ1) is 12.7. The topological polar surface area (TPSA) is 79.5 Å². The van der Waals surface area contributed by atoms with E-state index in [4.69, 9.17) is 3.95 Å². The van der Waals surface area contributed by atoms with Crippen molar-refractivity contribution in [2.45, 2.75) is 17.0 Å². The maximum absolute atomic E-state index is 12.1. The van der Waals surface area contributed by atoms with Crippen LogP contribution in [0.4, 0.5) is 4.79 Å². The molecule has 2 rings (SSSR count). The Morgan fingerprint density at radius 2 is 2.00 bits per heavy atom. The van der Waals surface area contributed by atoms with Gasteiger partial charge in [-0.15, -0.1) is 0 Å². The van der Waals surface area contributed by atoms with Crippen LogP contribution in [0.5, 0.6) is 0 Å². The summed E-state index contributed by atoms with van der Waals surface area (Å²) in [5.74, 6) is 0. The van der Waals surface area contributed by atoms with E-state index in [2.05, 4.69) is 4.98 Å². The number of aliphatic hydroxyl groups excluding tert-OH is 1. The van der Waals surface area contributed by atoms with E-state index >= 15 is 0 Å². The van der Waals surface area contributed by atoms with Crippen LogP contribution in [-0.4, -0.2) is 32.0 Å². The molecule has 1 amide bonds. The quantitative estimate of drug-likeness (QED) is 0.286. The van der Waals surface area contributed by atoms with Gasteiger partial charge >= 0.3 is 108 Å². The maximum atomic E-state index is 12.1. The van der Waals surface area contributed by atoms with Crippen LogP contribution in [0.3, 0.4) is 0 Å². The minimum atomic E-state index is -2.54. The first-order chi connectivity index (χ1) is 8.20. The average Bonchev–Trinajstić information content (AvgIpc) is 2.91. The predicted molar refractivity (Wildman–Crippen MR) is 73.6 cm³/mol. The van der Waals surface area contributed by atoms with Gasteiger partial charge in [-0.2, -0.15) is 0 Å². The molecule has 0 saturated carbocycles. The van der Waals surface area contributed by atoms with Crippen LogP contribution in [0, 0.1) is 0 Å². The standard InChI is InChI=1S/C11H16IN3O2/c13-12(11(17)15-7-1-2-8-15)10(16)9-3-5-14-6-4-9/h3-6,10,16H,1-2,7-8,13H2/t10-/m1/s1. The summed E-state index contributed by atoms with van der Waals surface area (Å²) in [5, 5.41) is 10.1. The fourth-order valence-corrected chi connectivity index (χ4v) is 4.74.